The lowest BCUT2D eigenvalue weighted by atomic mass is 10.2. The van der Waals surface area contributed by atoms with Gasteiger partial charge in [0.25, 0.3) is 0 Å². The Morgan fingerprint density at radius 3 is 2.34 bits per heavy atom. The monoisotopic (exact) mass is 429 g/mol. The van der Waals surface area contributed by atoms with Crippen LogP contribution >= 0.6 is 11.3 Å². The molecule has 0 amide bonds. The Labute approximate surface area is 175 Å². The summed E-state index contributed by atoms with van der Waals surface area (Å²) in [5, 5.41) is 3.10. The molecular formula is C21H23N3O3S2. The van der Waals surface area contributed by atoms with E-state index >= 15 is 0 Å². The second kappa shape index (κ2) is 8.62. The topological polar surface area (TPSA) is 62.7 Å². The summed E-state index contributed by atoms with van der Waals surface area (Å²) in [6.45, 7) is 3.06. The molecule has 1 aromatic heterocycles. The summed E-state index contributed by atoms with van der Waals surface area (Å²) in [6, 6.07) is 16.7. The first kappa shape index (κ1) is 20.0. The van der Waals surface area contributed by atoms with Crippen molar-refractivity contribution in [3.8, 4) is 16.3 Å². The molecule has 0 aliphatic carbocycles. The van der Waals surface area contributed by atoms with E-state index in [0.29, 0.717) is 36.8 Å². The Morgan fingerprint density at radius 1 is 1.00 bits per heavy atom. The maximum atomic E-state index is 12.9. The molecule has 0 unspecified atom stereocenters. The van der Waals surface area contributed by atoms with Gasteiger partial charge in [-0.3, -0.25) is 4.90 Å². The quantitative estimate of drug-likeness (QED) is 0.602. The van der Waals surface area contributed by atoms with Crippen LogP contribution in [0.15, 0.2) is 64.9 Å². The third-order valence-corrected chi connectivity index (χ3v) is 7.84. The molecule has 4 rings (SSSR count). The van der Waals surface area contributed by atoms with Gasteiger partial charge in [-0.05, 0) is 24.3 Å². The largest absolute Gasteiger partial charge is 0.497 e. The standard InChI is InChI=1S/C21H23N3O3S2/c1-27-19-7-9-20(10-8-19)29(25,26)24-13-11-23(12-14-24)15-18-16-28-21(22-18)17-5-3-2-4-6-17/h2-10,16H,11-15H2,1H3. The van der Waals surface area contributed by atoms with E-state index in [0.717, 1.165) is 22.8 Å². The van der Waals surface area contributed by atoms with Crippen LogP contribution in [0.2, 0.25) is 0 Å². The third kappa shape index (κ3) is 4.51. The molecular weight excluding hydrogens is 406 g/mol. The number of nitrogens with zero attached hydrogens (tertiary/aromatic N) is 3. The van der Waals surface area contributed by atoms with Crippen molar-refractivity contribution in [3.05, 3.63) is 65.7 Å². The molecule has 1 saturated heterocycles. The van der Waals surface area contributed by atoms with Crippen molar-refractivity contribution in [1.29, 1.82) is 0 Å². The summed E-state index contributed by atoms with van der Waals surface area (Å²) in [5.74, 6) is 0.645. The van der Waals surface area contributed by atoms with Gasteiger partial charge in [-0.2, -0.15) is 4.31 Å². The molecule has 29 heavy (non-hydrogen) atoms. The molecule has 1 aliphatic rings. The number of sulfonamides is 1. The van der Waals surface area contributed by atoms with E-state index in [4.69, 9.17) is 9.72 Å². The molecule has 6 nitrogen and oxygen atoms in total. The third-order valence-electron chi connectivity index (χ3n) is 4.99. The number of rotatable bonds is 6. The second-order valence-electron chi connectivity index (χ2n) is 6.87. The predicted molar refractivity (Wildman–Crippen MR) is 115 cm³/mol. The predicted octanol–water partition coefficient (Wildman–Crippen LogP) is 3.33. The summed E-state index contributed by atoms with van der Waals surface area (Å²) in [4.78, 5) is 7.30. The van der Waals surface area contributed by atoms with Crippen molar-refractivity contribution >= 4 is 21.4 Å². The van der Waals surface area contributed by atoms with Crippen molar-refractivity contribution in [2.45, 2.75) is 11.4 Å². The van der Waals surface area contributed by atoms with Gasteiger partial charge in [0.1, 0.15) is 10.8 Å². The molecule has 1 fully saturated rings. The summed E-state index contributed by atoms with van der Waals surface area (Å²) in [7, 11) is -1.91. The van der Waals surface area contributed by atoms with Gasteiger partial charge in [0, 0.05) is 43.7 Å². The van der Waals surface area contributed by atoms with Crippen LogP contribution in [-0.4, -0.2) is 55.9 Å². The highest BCUT2D eigenvalue weighted by molar-refractivity contribution is 7.89. The highest BCUT2D eigenvalue weighted by Gasteiger charge is 2.28. The number of hydrogen-bond donors (Lipinski definition) is 0. The number of hydrogen-bond acceptors (Lipinski definition) is 6. The van der Waals surface area contributed by atoms with Gasteiger partial charge < -0.3 is 4.74 Å². The summed E-state index contributed by atoms with van der Waals surface area (Å²) in [5.41, 5.74) is 2.15. The van der Waals surface area contributed by atoms with Gasteiger partial charge in [-0.25, -0.2) is 13.4 Å². The zero-order valence-corrected chi connectivity index (χ0v) is 17.8. The summed E-state index contributed by atoms with van der Waals surface area (Å²) in [6.07, 6.45) is 0. The van der Waals surface area contributed by atoms with Crippen molar-refractivity contribution < 1.29 is 13.2 Å². The van der Waals surface area contributed by atoms with Gasteiger partial charge in [-0.1, -0.05) is 30.3 Å². The van der Waals surface area contributed by atoms with Crippen LogP contribution in [0.5, 0.6) is 5.75 Å². The van der Waals surface area contributed by atoms with Crippen LogP contribution in [-0.2, 0) is 16.6 Å². The number of aromatic nitrogens is 1. The average molecular weight is 430 g/mol. The van der Waals surface area contributed by atoms with Crippen LogP contribution in [0, 0.1) is 0 Å². The van der Waals surface area contributed by atoms with Crippen LogP contribution < -0.4 is 4.74 Å². The fourth-order valence-electron chi connectivity index (χ4n) is 3.35. The normalized spacial score (nSPS) is 16.0. The van der Waals surface area contributed by atoms with E-state index in [-0.39, 0.29) is 0 Å². The van der Waals surface area contributed by atoms with Crippen molar-refractivity contribution in [3.63, 3.8) is 0 Å². The van der Waals surface area contributed by atoms with E-state index in [1.807, 2.05) is 18.2 Å². The number of benzene rings is 2. The molecule has 0 spiro atoms. The molecule has 8 heteroatoms. The summed E-state index contributed by atoms with van der Waals surface area (Å²) < 4.78 is 32.4. The van der Waals surface area contributed by atoms with E-state index in [1.165, 1.54) is 0 Å². The van der Waals surface area contributed by atoms with Crippen LogP contribution in [0.1, 0.15) is 5.69 Å². The van der Waals surface area contributed by atoms with Gasteiger partial charge in [0.2, 0.25) is 10.0 Å². The molecule has 0 saturated carbocycles. The fourth-order valence-corrected chi connectivity index (χ4v) is 5.59. The maximum absolute atomic E-state index is 12.9. The lowest BCUT2D eigenvalue weighted by Gasteiger charge is -2.33. The van der Waals surface area contributed by atoms with Crippen molar-refractivity contribution in [1.82, 2.24) is 14.2 Å². The molecule has 1 aliphatic heterocycles. The minimum atomic E-state index is -3.48. The number of piperazine rings is 1. The smallest absolute Gasteiger partial charge is 0.243 e. The lowest BCUT2D eigenvalue weighted by molar-refractivity contribution is 0.180. The molecule has 0 N–H and O–H groups in total. The Bertz CT molecular complexity index is 1040. The minimum Gasteiger partial charge on any atom is -0.497 e. The van der Waals surface area contributed by atoms with Crippen molar-refractivity contribution in [2.24, 2.45) is 0 Å². The summed E-state index contributed by atoms with van der Waals surface area (Å²) >= 11 is 1.64. The zero-order chi connectivity index (χ0) is 20.3. The highest BCUT2D eigenvalue weighted by Crippen LogP contribution is 2.25. The Kier molecular flexibility index (Phi) is 5.96. The van der Waals surface area contributed by atoms with Gasteiger partial charge in [0.15, 0.2) is 0 Å². The molecule has 0 atom stereocenters. The van der Waals surface area contributed by atoms with Gasteiger partial charge >= 0.3 is 0 Å². The second-order valence-corrected chi connectivity index (χ2v) is 9.66. The van der Waals surface area contributed by atoms with Crippen LogP contribution in [0.4, 0.5) is 0 Å². The molecule has 2 heterocycles. The number of ether oxygens (including phenoxy) is 1. The fraction of sp³-hybridized carbons (Fsp3) is 0.286. The zero-order valence-electron chi connectivity index (χ0n) is 16.2. The maximum Gasteiger partial charge on any atom is 0.243 e. The van der Waals surface area contributed by atoms with Gasteiger partial charge in [-0.15, -0.1) is 11.3 Å². The first-order chi connectivity index (χ1) is 14.1. The van der Waals surface area contributed by atoms with Gasteiger partial charge in [0.05, 0.1) is 17.7 Å². The first-order valence-corrected chi connectivity index (χ1v) is 11.7. The minimum absolute atomic E-state index is 0.304. The Balaban J connectivity index is 1.36. The van der Waals surface area contributed by atoms with E-state index in [2.05, 4.69) is 22.4 Å². The SMILES string of the molecule is COc1ccc(S(=O)(=O)N2CCN(Cc3csc(-c4ccccc4)n3)CC2)cc1. The Hall–Kier alpha value is -2.26. The highest BCUT2D eigenvalue weighted by atomic mass is 32.2. The molecule has 152 valence electrons. The number of thiazole rings is 1. The molecule has 2 aromatic carbocycles. The van der Waals surface area contributed by atoms with E-state index < -0.39 is 10.0 Å². The van der Waals surface area contributed by atoms with E-state index in [1.54, 1.807) is 47.0 Å². The average Bonchev–Trinajstić information content (AvgIpc) is 3.23. The van der Waals surface area contributed by atoms with Crippen molar-refractivity contribution in [2.75, 3.05) is 33.3 Å². The van der Waals surface area contributed by atoms with Crippen LogP contribution in [0.3, 0.4) is 0 Å². The number of methoxy groups -OCH3 is 1. The van der Waals surface area contributed by atoms with E-state index in [9.17, 15) is 8.42 Å². The molecule has 3 aromatic rings. The first-order valence-electron chi connectivity index (χ1n) is 9.42. The lowest BCUT2D eigenvalue weighted by Crippen LogP contribution is -2.48. The Morgan fingerprint density at radius 2 is 1.69 bits per heavy atom. The van der Waals surface area contributed by atoms with Crippen LogP contribution in [0.25, 0.3) is 10.6 Å². The molecule has 0 radical (unpaired) electrons. The molecule has 0 bridgehead atoms.